The molecule has 1 aliphatic carbocycles. The molecule has 0 amide bonds. The van der Waals surface area contributed by atoms with Crippen molar-refractivity contribution in [2.45, 2.75) is 52.4 Å². The van der Waals surface area contributed by atoms with Gasteiger partial charge in [0.15, 0.2) is 0 Å². The minimum atomic E-state index is 0.231. The Bertz CT molecular complexity index is 467. The zero-order chi connectivity index (χ0) is 14.0. The molecule has 1 heterocycles. The van der Waals surface area contributed by atoms with Crippen LogP contribution in [0.15, 0.2) is 0 Å². The number of aromatic nitrogens is 2. The third-order valence-corrected chi connectivity index (χ3v) is 4.91. The average Bonchev–Trinajstić information content (AvgIpc) is 2.65. The lowest BCUT2D eigenvalue weighted by Gasteiger charge is -2.27. The van der Waals surface area contributed by atoms with Crippen molar-refractivity contribution in [3.8, 4) is 0 Å². The lowest BCUT2D eigenvalue weighted by molar-refractivity contribution is -0.123. The van der Waals surface area contributed by atoms with Crippen LogP contribution in [0.1, 0.15) is 50.3 Å². The summed E-state index contributed by atoms with van der Waals surface area (Å²) in [6.07, 6.45) is 6.22. The summed E-state index contributed by atoms with van der Waals surface area (Å²) in [7, 11) is 1.82. The smallest absolute Gasteiger partial charge is 0.140 e. The van der Waals surface area contributed by atoms with E-state index in [0.717, 1.165) is 30.0 Å². The van der Waals surface area contributed by atoms with Crippen molar-refractivity contribution >= 4 is 17.4 Å². The molecule has 0 bridgehead atoms. The summed E-state index contributed by atoms with van der Waals surface area (Å²) in [5, 5.41) is 4.88. The van der Waals surface area contributed by atoms with Crippen molar-refractivity contribution in [3.05, 3.63) is 16.4 Å². The topological polar surface area (TPSA) is 34.9 Å². The van der Waals surface area contributed by atoms with E-state index in [1.807, 2.05) is 14.0 Å². The molecular formula is C15H23ClN2O. The van der Waals surface area contributed by atoms with Gasteiger partial charge < -0.3 is 0 Å². The third kappa shape index (κ3) is 3.19. The zero-order valence-corrected chi connectivity index (χ0v) is 12.8. The molecule has 1 aromatic rings. The van der Waals surface area contributed by atoms with Crippen LogP contribution in [0.3, 0.4) is 0 Å². The van der Waals surface area contributed by atoms with Gasteiger partial charge in [-0.05, 0) is 25.7 Å². The highest BCUT2D eigenvalue weighted by atomic mass is 35.5. The van der Waals surface area contributed by atoms with Gasteiger partial charge >= 0.3 is 0 Å². The molecule has 0 aromatic carbocycles. The SMILES string of the molecule is CCC1CCCC(C(=O)Cc2c(C)nn(C)c2Cl)C1. The summed E-state index contributed by atoms with van der Waals surface area (Å²) in [5.41, 5.74) is 1.79. The third-order valence-electron chi connectivity index (χ3n) is 4.44. The van der Waals surface area contributed by atoms with Crippen LogP contribution in [0.5, 0.6) is 0 Å². The van der Waals surface area contributed by atoms with Crippen LogP contribution in [0.2, 0.25) is 5.15 Å². The predicted molar refractivity (Wildman–Crippen MR) is 77.4 cm³/mol. The first-order valence-corrected chi connectivity index (χ1v) is 7.61. The number of carbonyl (C=O) groups excluding carboxylic acids is 1. The van der Waals surface area contributed by atoms with E-state index in [2.05, 4.69) is 12.0 Å². The summed E-state index contributed by atoms with van der Waals surface area (Å²) in [6.45, 7) is 4.14. The minimum Gasteiger partial charge on any atom is -0.299 e. The molecule has 1 aliphatic rings. The molecule has 0 radical (unpaired) electrons. The molecule has 2 rings (SSSR count). The van der Waals surface area contributed by atoms with Crippen molar-refractivity contribution in [1.82, 2.24) is 9.78 Å². The molecule has 106 valence electrons. The Morgan fingerprint density at radius 1 is 1.47 bits per heavy atom. The Kier molecular flexibility index (Phi) is 4.67. The molecule has 2 unspecified atom stereocenters. The molecule has 3 nitrogen and oxygen atoms in total. The van der Waals surface area contributed by atoms with Crippen LogP contribution >= 0.6 is 11.6 Å². The molecule has 19 heavy (non-hydrogen) atoms. The van der Waals surface area contributed by atoms with Crippen LogP contribution in [0.25, 0.3) is 0 Å². The maximum atomic E-state index is 12.4. The monoisotopic (exact) mass is 282 g/mol. The minimum absolute atomic E-state index is 0.231. The number of Topliss-reactive ketones (excluding diaryl/α,β-unsaturated/α-hetero) is 1. The molecule has 2 atom stereocenters. The van der Waals surface area contributed by atoms with Crippen LogP contribution < -0.4 is 0 Å². The fraction of sp³-hybridized carbons (Fsp3) is 0.733. The molecular weight excluding hydrogens is 260 g/mol. The summed E-state index contributed by atoms with van der Waals surface area (Å²) in [4.78, 5) is 12.4. The first kappa shape index (κ1) is 14.6. The maximum absolute atomic E-state index is 12.4. The Hall–Kier alpha value is -0.830. The van der Waals surface area contributed by atoms with Gasteiger partial charge in [-0.1, -0.05) is 37.8 Å². The number of carbonyl (C=O) groups is 1. The van der Waals surface area contributed by atoms with Crippen molar-refractivity contribution < 1.29 is 4.79 Å². The number of rotatable bonds is 4. The van der Waals surface area contributed by atoms with Crippen molar-refractivity contribution in [3.63, 3.8) is 0 Å². The lowest BCUT2D eigenvalue weighted by Crippen LogP contribution is -2.24. The molecule has 0 N–H and O–H groups in total. The average molecular weight is 283 g/mol. The molecule has 1 aromatic heterocycles. The van der Waals surface area contributed by atoms with Gasteiger partial charge in [0.1, 0.15) is 10.9 Å². The second kappa shape index (κ2) is 6.08. The Morgan fingerprint density at radius 2 is 2.21 bits per heavy atom. The fourth-order valence-electron chi connectivity index (χ4n) is 3.15. The quantitative estimate of drug-likeness (QED) is 0.844. The number of ketones is 1. The summed E-state index contributed by atoms with van der Waals surface area (Å²) >= 11 is 6.20. The van der Waals surface area contributed by atoms with Crippen molar-refractivity contribution in [1.29, 1.82) is 0 Å². The van der Waals surface area contributed by atoms with E-state index in [-0.39, 0.29) is 5.92 Å². The van der Waals surface area contributed by atoms with E-state index in [9.17, 15) is 4.79 Å². The molecule has 1 saturated carbocycles. The Balaban J connectivity index is 2.04. The fourth-order valence-corrected chi connectivity index (χ4v) is 3.39. The van der Waals surface area contributed by atoms with Gasteiger partial charge in [0.05, 0.1) is 5.69 Å². The second-order valence-electron chi connectivity index (χ2n) is 5.76. The van der Waals surface area contributed by atoms with E-state index < -0.39 is 0 Å². The number of halogens is 1. The van der Waals surface area contributed by atoms with Gasteiger partial charge in [-0.15, -0.1) is 0 Å². The normalized spacial score (nSPS) is 23.6. The van der Waals surface area contributed by atoms with Crippen LogP contribution in [-0.2, 0) is 18.3 Å². The van der Waals surface area contributed by atoms with Crippen molar-refractivity contribution in [2.75, 3.05) is 0 Å². The van der Waals surface area contributed by atoms with Gasteiger partial charge in [-0.2, -0.15) is 5.10 Å². The number of hydrogen-bond donors (Lipinski definition) is 0. The van der Waals surface area contributed by atoms with Gasteiger partial charge in [0.2, 0.25) is 0 Å². The largest absolute Gasteiger partial charge is 0.299 e. The molecule has 1 fully saturated rings. The second-order valence-corrected chi connectivity index (χ2v) is 6.12. The first-order valence-electron chi connectivity index (χ1n) is 7.23. The highest BCUT2D eigenvalue weighted by Gasteiger charge is 2.27. The van der Waals surface area contributed by atoms with Gasteiger partial charge in [-0.3, -0.25) is 9.48 Å². The summed E-state index contributed by atoms with van der Waals surface area (Å²) in [6, 6.07) is 0. The lowest BCUT2D eigenvalue weighted by atomic mass is 9.77. The summed E-state index contributed by atoms with van der Waals surface area (Å²) < 4.78 is 1.65. The molecule has 0 spiro atoms. The number of hydrogen-bond acceptors (Lipinski definition) is 2. The Morgan fingerprint density at radius 3 is 2.79 bits per heavy atom. The van der Waals surface area contributed by atoms with Gasteiger partial charge in [-0.25, -0.2) is 0 Å². The first-order chi connectivity index (χ1) is 9.02. The van der Waals surface area contributed by atoms with Crippen molar-refractivity contribution in [2.24, 2.45) is 18.9 Å². The van der Waals surface area contributed by atoms with Gasteiger partial charge in [0.25, 0.3) is 0 Å². The standard InChI is InChI=1S/C15H23ClN2O/c1-4-11-6-5-7-12(8-11)14(19)9-13-10(2)17-18(3)15(13)16/h11-12H,4-9H2,1-3H3. The van der Waals surface area contributed by atoms with Crippen LogP contribution in [0.4, 0.5) is 0 Å². The Labute approximate surface area is 120 Å². The van der Waals surface area contributed by atoms with E-state index in [0.29, 0.717) is 17.4 Å². The van der Waals surface area contributed by atoms with E-state index >= 15 is 0 Å². The molecule has 0 saturated heterocycles. The molecule has 0 aliphatic heterocycles. The van der Waals surface area contributed by atoms with Crippen LogP contribution in [-0.4, -0.2) is 15.6 Å². The number of aryl methyl sites for hydroxylation is 2. The van der Waals surface area contributed by atoms with E-state index in [4.69, 9.17) is 11.6 Å². The van der Waals surface area contributed by atoms with E-state index in [1.165, 1.54) is 19.3 Å². The van der Waals surface area contributed by atoms with Gasteiger partial charge in [0, 0.05) is 24.9 Å². The summed E-state index contributed by atoms with van der Waals surface area (Å²) in [5.74, 6) is 1.30. The van der Waals surface area contributed by atoms with E-state index in [1.54, 1.807) is 4.68 Å². The predicted octanol–water partition coefficient (Wildman–Crippen LogP) is 3.71. The molecule has 4 heteroatoms. The zero-order valence-electron chi connectivity index (χ0n) is 12.1. The maximum Gasteiger partial charge on any atom is 0.140 e. The number of nitrogens with zero attached hydrogens (tertiary/aromatic N) is 2. The highest BCUT2D eigenvalue weighted by molar-refractivity contribution is 6.30. The highest BCUT2D eigenvalue weighted by Crippen LogP contribution is 2.32. The van der Waals surface area contributed by atoms with Crippen LogP contribution in [0, 0.1) is 18.8 Å².